The largest absolute Gasteiger partial charge is 0.466 e. The maximum Gasteiger partial charge on any atom is 0.342 e. The fourth-order valence-electron chi connectivity index (χ4n) is 1.52. The number of ether oxygens (including phenoxy) is 1. The average Bonchev–Trinajstić information content (AvgIpc) is 2.16. The van der Waals surface area contributed by atoms with E-state index in [0.717, 1.165) is 0 Å². The van der Waals surface area contributed by atoms with Crippen LogP contribution in [0.15, 0.2) is 0 Å². The lowest BCUT2D eigenvalue weighted by molar-refractivity contribution is -0.149. The molecule has 0 aromatic carbocycles. The molecule has 0 aliphatic rings. The molecule has 0 fully saturated rings. The van der Waals surface area contributed by atoms with Gasteiger partial charge in [-0.15, -0.1) is 0 Å². The first-order valence-electron chi connectivity index (χ1n) is 6.19. The van der Waals surface area contributed by atoms with Gasteiger partial charge in [0.05, 0.1) is 13.8 Å². The second kappa shape index (κ2) is 5.86. The minimum absolute atomic E-state index is 0.0744. The van der Waals surface area contributed by atoms with Gasteiger partial charge in [0.1, 0.15) is 0 Å². The summed E-state index contributed by atoms with van der Waals surface area (Å²) in [5.74, 6) is -0.768. The predicted molar refractivity (Wildman–Crippen MR) is 74.3 cm³/mol. The van der Waals surface area contributed by atoms with Crippen molar-refractivity contribution in [3.63, 3.8) is 0 Å². The zero-order valence-corrected chi connectivity index (χ0v) is 14.0. The van der Waals surface area contributed by atoms with Crippen LogP contribution in [0.1, 0.15) is 33.6 Å². The minimum Gasteiger partial charge on any atom is -0.466 e. The molecule has 0 bridgehead atoms. The van der Waals surface area contributed by atoms with E-state index in [4.69, 9.17) is 4.74 Å². The molecule has 0 aromatic rings. The highest BCUT2D eigenvalue weighted by molar-refractivity contribution is 7.54. The molecule has 7 heteroatoms. The van der Waals surface area contributed by atoms with Crippen LogP contribution in [0.3, 0.4) is 0 Å². The lowest BCUT2D eigenvalue weighted by Gasteiger charge is -2.33. The summed E-state index contributed by atoms with van der Waals surface area (Å²) in [4.78, 5) is 31.0. The first kappa shape index (κ1) is 17.8. The third-order valence-corrected chi connectivity index (χ3v) is 8.10. The first-order valence-corrected chi connectivity index (χ1v) is 11.4. The maximum atomic E-state index is 12.1. The van der Waals surface area contributed by atoms with Crippen molar-refractivity contribution in [1.82, 2.24) is 0 Å². The molecule has 108 valence electrons. The maximum absolute atomic E-state index is 12.1. The number of hydrogen-bond acceptors (Lipinski definition) is 3. The van der Waals surface area contributed by atoms with E-state index in [-0.39, 0.29) is 18.6 Å². The van der Waals surface area contributed by atoms with Gasteiger partial charge in [0, 0.05) is 0 Å². The molecule has 1 atom stereocenters. The summed E-state index contributed by atoms with van der Waals surface area (Å²) in [6.45, 7) is 11.1. The van der Waals surface area contributed by atoms with Crippen LogP contribution in [0.5, 0.6) is 0 Å². The Balaban J connectivity index is 5.21. The van der Waals surface area contributed by atoms with Crippen molar-refractivity contribution in [1.29, 1.82) is 0 Å². The number of hydrogen-bond donors (Lipinski definition) is 2. The highest BCUT2D eigenvalue weighted by Gasteiger charge is 2.52. The van der Waals surface area contributed by atoms with Crippen LogP contribution in [-0.4, -0.2) is 34.7 Å². The van der Waals surface area contributed by atoms with E-state index in [9.17, 15) is 19.1 Å². The second-order valence-electron chi connectivity index (χ2n) is 5.70. The Bertz CT molecular complexity index is 340. The van der Waals surface area contributed by atoms with Crippen LogP contribution in [-0.2, 0) is 14.1 Å². The van der Waals surface area contributed by atoms with Gasteiger partial charge in [0.25, 0.3) is 0 Å². The van der Waals surface area contributed by atoms with Gasteiger partial charge in [-0.2, -0.15) is 0 Å². The van der Waals surface area contributed by atoms with Crippen molar-refractivity contribution in [2.45, 2.75) is 64.1 Å². The SMILES string of the molecule is CCC(CC)(C(=O)OC(C)[Si](C)(C)C)P(=O)(O)O. The van der Waals surface area contributed by atoms with Crippen molar-refractivity contribution in [2.75, 3.05) is 0 Å². The second-order valence-corrected chi connectivity index (χ2v) is 13.2. The van der Waals surface area contributed by atoms with Crippen molar-refractivity contribution < 1.29 is 23.9 Å². The molecule has 0 spiro atoms. The fourth-order valence-corrected chi connectivity index (χ4v) is 3.09. The van der Waals surface area contributed by atoms with Crippen LogP contribution in [0.25, 0.3) is 0 Å². The van der Waals surface area contributed by atoms with Gasteiger partial charge in [-0.05, 0) is 19.8 Å². The van der Waals surface area contributed by atoms with Gasteiger partial charge in [0.15, 0.2) is 5.16 Å². The van der Waals surface area contributed by atoms with E-state index < -0.39 is 26.8 Å². The molecule has 0 heterocycles. The molecule has 0 aliphatic heterocycles. The summed E-state index contributed by atoms with van der Waals surface area (Å²) in [6, 6.07) is 0. The fraction of sp³-hybridized carbons (Fsp3) is 0.909. The van der Waals surface area contributed by atoms with Crippen LogP contribution >= 0.6 is 7.60 Å². The van der Waals surface area contributed by atoms with E-state index >= 15 is 0 Å². The summed E-state index contributed by atoms with van der Waals surface area (Å²) < 4.78 is 16.9. The molecule has 2 N–H and O–H groups in total. The van der Waals surface area contributed by atoms with Crippen LogP contribution in [0.2, 0.25) is 19.6 Å². The number of carbonyl (C=O) groups excluding carboxylic acids is 1. The Labute approximate surface area is 110 Å². The van der Waals surface area contributed by atoms with Crippen LogP contribution in [0.4, 0.5) is 0 Å². The predicted octanol–water partition coefficient (Wildman–Crippen LogP) is 2.53. The third kappa shape index (κ3) is 3.67. The highest BCUT2D eigenvalue weighted by Crippen LogP contribution is 2.55. The zero-order valence-electron chi connectivity index (χ0n) is 12.1. The highest BCUT2D eigenvalue weighted by atomic mass is 31.2. The van der Waals surface area contributed by atoms with E-state index in [1.54, 1.807) is 20.8 Å². The Kier molecular flexibility index (Phi) is 5.81. The summed E-state index contributed by atoms with van der Waals surface area (Å²) in [5, 5.41) is -1.69. The Hall–Kier alpha value is -0.163. The average molecular weight is 296 g/mol. The molecule has 0 radical (unpaired) electrons. The normalized spacial score (nSPS) is 15.3. The van der Waals surface area contributed by atoms with E-state index in [1.807, 2.05) is 19.6 Å². The molecule has 5 nitrogen and oxygen atoms in total. The molecular formula is C11H25O5PSi. The molecule has 18 heavy (non-hydrogen) atoms. The summed E-state index contributed by atoms with van der Waals surface area (Å²) in [7, 11) is -6.21. The molecule has 0 saturated heterocycles. The molecule has 0 rings (SSSR count). The van der Waals surface area contributed by atoms with Crippen molar-refractivity contribution in [3.05, 3.63) is 0 Å². The van der Waals surface area contributed by atoms with E-state index in [1.165, 1.54) is 0 Å². The van der Waals surface area contributed by atoms with E-state index in [0.29, 0.717) is 0 Å². The first-order chi connectivity index (χ1) is 7.92. The standard InChI is InChI=1S/C11H25O5PSi/c1-7-11(8-2,17(13,14)15)10(12)16-9(3)18(4,5)6/h9H,7-8H2,1-6H3,(H2,13,14,15). The Morgan fingerprint density at radius 1 is 1.28 bits per heavy atom. The van der Waals surface area contributed by atoms with Crippen LogP contribution in [0, 0.1) is 0 Å². The Morgan fingerprint density at radius 2 is 1.67 bits per heavy atom. The van der Waals surface area contributed by atoms with Crippen molar-refractivity contribution >= 4 is 21.6 Å². The van der Waals surface area contributed by atoms with Gasteiger partial charge in [-0.3, -0.25) is 9.36 Å². The number of esters is 1. The molecular weight excluding hydrogens is 271 g/mol. The smallest absolute Gasteiger partial charge is 0.342 e. The van der Waals surface area contributed by atoms with Crippen LogP contribution < -0.4 is 0 Å². The summed E-state index contributed by atoms with van der Waals surface area (Å²) in [6.07, 6.45) is 0.149. The van der Waals surface area contributed by atoms with Gasteiger partial charge < -0.3 is 14.5 Å². The lowest BCUT2D eigenvalue weighted by atomic mass is 10.0. The Morgan fingerprint density at radius 3 is 1.89 bits per heavy atom. The topological polar surface area (TPSA) is 83.8 Å². The molecule has 0 aliphatic carbocycles. The number of rotatable bonds is 6. The van der Waals surface area contributed by atoms with Crippen molar-refractivity contribution in [2.24, 2.45) is 0 Å². The zero-order chi connectivity index (χ0) is 14.8. The quantitative estimate of drug-likeness (QED) is 0.447. The number of carbonyl (C=O) groups is 1. The van der Waals surface area contributed by atoms with Crippen molar-refractivity contribution in [3.8, 4) is 0 Å². The monoisotopic (exact) mass is 296 g/mol. The minimum atomic E-state index is -4.53. The van der Waals surface area contributed by atoms with Gasteiger partial charge >= 0.3 is 13.6 Å². The molecule has 0 aromatic heterocycles. The summed E-state index contributed by atoms with van der Waals surface area (Å²) in [5.41, 5.74) is -0.269. The molecule has 0 saturated carbocycles. The molecule has 0 amide bonds. The lowest BCUT2D eigenvalue weighted by Crippen LogP contribution is -2.46. The van der Waals surface area contributed by atoms with Gasteiger partial charge in [0.2, 0.25) is 0 Å². The summed E-state index contributed by atoms with van der Waals surface area (Å²) >= 11 is 0. The molecule has 1 unspecified atom stereocenters. The van der Waals surface area contributed by atoms with Gasteiger partial charge in [-0.25, -0.2) is 0 Å². The van der Waals surface area contributed by atoms with Gasteiger partial charge in [-0.1, -0.05) is 33.5 Å². The van der Waals surface area contributed by atoms with E-state index in [2.05, 4.69) is 0 Å². The third-order valence-electron chi connectivity index (χ3n) is 3.61.